The topological polar surface area (TPSA) is 55.3 Å². The summed E-state index contributed by atoms with van der Waals surface area (Å²) >= 11 is 0. The largest absolute Gasteiger partial charge is 0.870 e. The molecule has 0 saturated heterocycles. The van der Waals surface area contributed by atoms with Gasteiger partial charge in [-0.1, -0.05) is 5.75 Å². The van der Waals surface area contributed by atoms with Crippen LogP contribution in [0.5, 0.6) is 11.5 Å². The van der Waals surface area contributed by atoms with Gasteiger partial charge in [0.05, 0.1) is 0 Å². The predicted molar refractivity (Wildman–Crippen MR) is 39.7 cm³/mol. The maximum Gasteiger partial charge on any atom is 0.108 e. The molecule has 0 radical (unpaired) electrons. The van der Waals surface area contributed by atoms with E-state index in [-0.39, 0.29) is 11.5 Å². The fourth-order valence-electron chi connectivity index (χ4n) is 1.31. The van der Waals surface area contributed by atoms with Crippen LogP contribution < -0.4 is 10.4 Å². The van der Waals surface area contributed by atoms with Gasteiger partial charge in [0.1, 0.15) is 5.75 Å². The zero-order chi connectivity index (χ0) is 7.84. The van der Waals surface area contributed by atoms with Crippen molar-refractivity contribution < 1.29 is 10.2 Å². The third kappa shape index (κ3) is 0.888. The number of phenols is 1. The van der Waals surface area contributed by atoms with Gasteiger partial charge in [0.15, 0.2) is 0 Å². The van der Waals surface area contributed by atoms with Crippen molar-refractivity contribution in [3.05, 3.63) is 17.7 Å². The van der Waals surface area contributed by atoms with Gasteiger partial charge in [-0.25, -0.2) is 0 Å². The molecule has 11 heavy (non-hydrogen) atoms. The molecule has 0 fully saturated rings. The minimum atomic E-state index is -0.307. The first-order valence-corrected chi connectivity index (χ1v) is 3.54. The van der Waals surface area contributed by atoms with E-state index in [9.17, 15) is 5.11 Å². The SMILES string of the molecule is [O-]c1cc2c(cc1O)CCN2. The third-order valence-corrected chi connectivity index (χ3v) is 1.89. The minimum Gasteiger partial charge on any atom is -0.870 e. The summed E-state index contributed by atoms with van der Waals surface area (Å²) in [5.74, 6) is -0.453. The molecule has 1 aliphatic rings. The molecule has 58 valence electrons. The summed E-state index contributed by atoms with van der Waals surface area (Å²) in [6.45, 7) is 0.859. The van der Waals surface area contributed by atoms with Gasteiger partial charge in [-0.3, -0.25) is 0 Å². The van der Waals surface area contributed by atoms with E-state index in [0.717, 1.165) is 24.2 Å². The second kappa shape index (κ2) is 2.05. The van der Waals surface area contributed by atoms with E-state index in [0.29, 0.717) is 0 Å². The first-order valence-electron chi connectivity index (χ1n) is 3.54. The number of nitrogens with one attached hydrogen (secondary N) is 1. The van der Waals surface area contributed by atoms with Crippen LogP contribution in [0.4, 0.5) is 5.69 Å². The molecule has 1 aromatic rings. The van der Waals surface area contributed by atoms with Crippen LogP contribution in [0, 0.1) is 0 Å². The zero-order valence-electron chi connectivity index (χ0n) is 5.92. The van der Waals surface area contributed by atoms with Crippen LogP contribution in [-0.4, -0.2) is 11.7 Å². The first-order chi connectivity index (χ1) is 5.27. The molecule has 0 aromatic heterocycles. The highest BCUT2D eigenvalue weighted by Gasteiger charge is 2.09. The molecular weight excluding hydrogens is 142 g/mol. The number of benzene rings is 1. The summed E-state index contributed by atoms with van der Waals surface area (Å²) in [7, 11) is 0. The van der Waals surface area contributed by atoms with Gasteiger partial charge in [0.2, 0.25) is 0 Å². The minimum absolute atomic E-state index is 0.146. The molecule has 0 amide bonds. The Balaban J connectivity index is 2.57. The van der Waals surface area contributed by atoms with Crippen molar-refractivity contribution in [2.24, 2.45) is 0 Å². The number of phenolic OH excluding ortho intramolecular Hbond substituents is 1. The predicted octanol–water partition coefficient (Wildman–Crippen LogP) is 0.434. The quantitative estimate of drug-likeness (QED) is 0.527. The molecule has 1 heterocycles. The lowest BCUT2D eigenvalue weighted by Crippen LogP contribution is -1.93. The third-order valence-electron chi connectivity index (χ3n) is 1.89. The molecule has 0 unspecified atom stereocenters. The molecule has 0 atom stereocenters. The van der Waals surface area contributed by atoms with Gasteiger partial charge in [-0.05, 0) is 24.1 Å². The fraction of sp³-hybridized carbons (Fsp3) is 0.250. The maximum absolute atomic E-state index is 10.9. The molecule has 0 bridgehead atoms. The van der Waals surface area contributed by atoms with Gasteiger partial charge in [0, 0.05) is 12.2 Å². The highest BCUT2D eigenvalue weighted by Crippen LogP contribution is 2.32. The van der Waals surface area contributed by atoms with E-state index >= 15 is 0 Å². The Kier molecular flexibility index (Phi) is 1.18. The van der Waals surface area contributed by atoms with Crippen molar-refractivity contribution >= 4 is 5.69 Å². The van der Waals surface area contributed by atoms with Crippen LogP contribution >= 0.6 is 0 Å². The zero-order valence-corrected chi connectivity index (χ0v) is 5.92. The van der Waals surface area contributed by atoms with Gasteiger partial charge in [-0.15, -0.1) is 0 Å². The van der Waals surface area contributed by atoms with Crippen LogP contribution in [0.15, 0.2) is 12.1 Å². The molecule has 3 heteroatoms. The number of hydrogen-bond donors (Lipinski definition) is 2. The number of anilines is 1. The van der Waals surface area contributed by atoms with E-state index in [2.05, 4.69) is 5.32 Å². The normalized spacial score (nSPS) is 14.2. The van der Waals surface area contributed by atoms with E-state index in [1.807, 2.05) is 0 Å². The Hall–Kier alpha value is -1.38. The lowest BCUT2D eigenvalue weighted by molar-refractivity contribution is -0.270. The molecule has 3 nitrogen and oxygen atoms in total. The van der Waals surface area contributed by atoms with Crippen LogP contribution in [-0.2, 0) is 6.42 Å². The highest BCUT2D eigenvalue weighted by molar-refractivity contribution is 5.62. The molecule has 2 N–H and O–H groups in total. The van der Waals surface area contributed by atoms with Crippen LogP contribution in [0.3, 0.4) is 0 Å². The van der Waals surface area contributed by atoms with E-state index in [1.54, 1.807) is 0 Å². The summed E-state index contributed by atoms with van der Waals surface area (Å²) in [4.78, 5) is 0. The van der Waals surface area contributed by atoms with Crippen molar-refractivity contribution in [3.8, 4) is 11.5 Å². The molecule has 1 aliphatic heterocycles. The summed E-state index contributed by atoms with van der Waals surface area (Å²) < 4.78 is 0. The molecule has 2 rings (SSSR count). The summed E-state index contributed by atoms with van der Waals surface area (Å²) in [6.07, 6.45) is 0.892. The Bertz CT molecular complexity index is 267. The van der Waals surface area contributed by atoms with Crippen LogP contribution in [0.25, 0.3) is 0 Å². The second-order valence-electron chi connectivity index (χ2n) is 2.65. The van der Waals surface area contributed by atoms with Crippen molar-refractivity contribution in [2.75, 3.05) is 11.9 Å². The summed E-state index contributed by atoms with van der Waals surface area (Å²) in [6, 6.07) is 2.98. The molecule has 1 aromatic carbocycles. The number of fused-ring (bicyclic) bond motifs is 1. The Morgan fingerprint density at radius 3 is 3.09 bits per heavy atom. The molecule has 0 spiro atoms. The van der Waals surface area contributed by atoms with Crippen molar-refractivity contribution in [3.63, 3.8) is 0 Å². The van der Waals surface area contributed by atoms with Gasteiger partial charge < -0.3 is 15.5 Å². The van der Waals surface area contributed by atoms with Gasteiger partial charge in [-0.2, -0.15) is 0 Å². The fourth-order valence-corrected chi connectivity index (χ4v) is 1.31. The van der Waals surface area contributed by atoms with Crippen molar-refractivity contribution in [2.45, 2.75) is 6.42 Å². The van der Waals surface area contributed by atoms with Crippen LogP contribution in [0.2, 0.25) is 0 Å². The Morgan fingerprint density at radius 1 is 1.45 bits per heavy atom. The Morgan fingerprint density at radius 2 is 2.27 bits per heavy atom. The second-order valence-corrected chi connectivity index (χ2v) is 2.65. The summed E-state index contributed by atoms with van der Waals surface area (Å²) in [5.41, 5.74) is 1.90. The lowest BCUT2D eigenvalue weighted by Gasteiger charge is -2.10. The Labute approximate surface area is 64.3 Å². The standard InChI is InChI=1S/C8H9NO2/c10-7-3-5-1-2-9-6(5)4-8(7)11/h3-4,9-11H,1-2H2/p-1. The lowest BCUT2D eigenvalue weighted by atomic mass is 10.1. The van der Waals surface area contributed by atoms with Gasteiger partial charge >= 0.3 is 0 Å². The highest BCUT2D eigenvalue weighted by atomic mass is 16.3. The maximum atomic E-state index is 10.9. The van der Waals surface area contributed by atoms with Crippen LogP contribution in [0.1, 0.15) is 5.56 Å². The average molecular weight is 150 g/mol. The summed E-state index contributed by atoms with van der Waals surface area (Å²) in [5, 5.41) is 23.0. The van der Waals surface area contributed by atoms with Crippen molar-refractivity contribution in [1.29, 1.82) is 0 Å². The monoisotopic (exact) mass is 150 g/mol. The first kappa shape index (κ1) is 6.34. The molecular formula is C8H8NO2-. The molecule has 0 saturated carbocycles. The smallest absolute Gasteiger partial charge is 0.108 e. The van der Waals surface area contributed by atoms with E-state index in [4.69, 9.17) is 5.11 Å². The number of rotatable bonds is 0. The van der Waals surface area contributed by atoms with Crippen molar-refractivity contribution in [1.82, 2.24) is 0 Å². The number of hydrogen-bond acceptors (Lipinski definition) is 3. The van der Waals surface area contributed by atoms with E-state index < -0.39 is 0 Å². The van der Waals surface area contributed by atoms with E-state index in [1.165, 1.54) is 12.1 Å². The van der Waals surface area contributed by atoms with Gasteiger partial charge in [0.25, 0.3) is 0 Å². The number of aromatic hydroxyl groups is 1. The average Bonchev–Trinajstić information content (AvgIpc) is 2.36. The molecule has 0 aliphatic carbocycles.